The lowest BCUT2D eigenvalue weighted by molar-refractivity contribution is -0.182. The van der Waals surface area contributed by atoms with E-state index >= 15 is 0 Å². The van der Waals surface area contributed by atoms with Gasteiger partial charge in [0.05, 0.1) is 24.3 Å². The van der Waals surface area contributed by atoms with E-state index in [4.69, 9.17) is 9.47 Å². The summed E-state index contributed by atoms with van der Waals surface area (Å²) in [6.07, 6.45) is -11.1. The monoisotopic (exact) mass is 396 g/mol. The molecule has 2 N–H and O–H groups in total. The third-order valence-corrected chi connectivity index (χ3v) is 2.78. The first-order chi connectivity index (χ1) is 11.4. The van der Waals surface area contributed by atoms with E-state index < -0.39 is 41.5 Å². The highest BCUT2D eigenvalue weighted by molar-refractivity contribution is 5.82. The van der Waals surface area contributed by atoms with Crippen molar-refractivity contribution in [2.24, 2.45) is 0 Å². The Balaban J connectivity index is 4.43. The fourth-order valence-electron chi connectivity index (χ4n) is 1.53. The Kier molecular flexibility index (Phi) is 7.92. The molecular formula is C14H22F6N2O4. The van der Waals surface area contributed by atoms with E-state index in [0.29, 0.717) is 0 Å². The minimum atomic E-state index is -5.04. The van der Waals surface area contributed by atoms with E-state index in [9.17, 15) is 35.9 Å². The van der Waals surface area contributed by atoms with Gasteiger partial charge in [0.25, 0.3) is 0 Å². The molecule has 154 valence electrons. The molecular weight excluding hydrogens is 374 g/mol. The zero-order chi connectivity index (χ0) is 21.0. The smallest absolute Gasteiger partial charge is 0.351 e. The van der Waals surface area contributed by atoms with Crippen molar-refractivity contribution < 1.29 is 45.4 Å². The molecule has 0 aliphatic heterocycles. The molecule has 0 spiro atoms. The van der Waals surface area contributed by atoms with Crippen LogP contribution in [0.4, 0.5) is 26.3 Å². The van der Waals surface area contributed by atoms with Crippen LogP contribution in [0, 0.1) is 0 Å². The average Bonchev–Trinajstić information content (AvgIpc) is 2.40. The molecule has 0 atom stereocenters. The van der Waals surface area contributed by atoms with E-state index in [1.807, 2.05) is 0 Å². The van der Waals surface area contributed by atoms with Gasteiger partial charge in [0.15, 0.2) is 6.29 Å². The molecule has 0 rings (SSSR count). The number of ether oxygens (including phenoxy) is 2. The standard InChI is InChI=1S/C14H22F6N2O4/c1-8(25-6-11(2,3)21-9(23)13(15,16)17)26-7-12(4,5)22-10(24)14(18,19)20/h8H,6-7H2,1-5H3,(H,21,23)(H,22,24). The van der Waals surface area contributed by atoms with Gasteiger partial charge in [-0.05, 0) is 34.6 Å². The van der Waals surface area contributed by atoms with Crippen LogP contribution in [0.25, 0.3) is 0 Å². The second-order valence-corrected chi connectivity index (χ2v) is 6.86. The van der Waals surface area contributed by atoms with Crippen molar-refractivity contribution in [3.05, 3.63) is 0 Å². The SMILES string of the molecule is CC(OCC(C)(C)NC(=O)C(F)(F)F)OCC(C)(C)NC(=O)C(F)(F)F. The maximum atomic E-state index is 12.2. The largest absolute Gasteiger partial charge is 0.471 e. The quantitative estimate of drug-likeness (QED) is 0.488. The van der Waals surface area contributed by atoms with Crippen LogP contribution >= 0.6 is 0 Å². The molecule has 0 aromatic rings. The lowest BCUT2D eigenvalue weighted by Gasteiger charge is -2.30. The summed E-state index contributed by atoms with van der Waals surface area (Å²) in [5.41, 5.74) is -2.74. The third kappa shape index (κ3) is 9.80. The lowest BCUT2D eigenvalue weighted by Crippen LogP contribution is -2.53. The van der Waals surface area contributed by atoms with Gasteiger partial charge in [-0.3, -0.25) is 9.59 Å². The van der Waals surface area contributed by atoms with Gasteiger partial charge in [0.2, 0.25) is 0 Å². The molecule has 6 nitrogen and oxygen atoms in total. The van der Waals surface area contributed by atoms with Gasteiger partial charge in [-0.1, -0.05) is 0 Å². The predicted molar refractivity (Wildman–Crippen MR) is 77.9 cm³/mol. The Labute approximate surface area is 146 Å². The number of nitrogens with one attached hydrogen (secondary N) is 2. The normalized spacial score (nSPS) is 13.7. The van der Waals surface area contributed by atoms with Gasteiger partial charge in [0.1, 0.15) is 0 Å². The highest BCUT2D eigenvalue weighted by atomic mass is 19.4. The molecule has 0 saturated carbocycles. The van der Waals surface area contributed by atoms with Gasteiger partial charge in [-0.2, -0.15) is 26.3 Å². The van der Waals surface area contributed by atoms with Crippen LogP contribution in [0.2, 0.25) is 0 Å². The van der Waals surface area contributed by atoms with E-state index in [1.165, 1.54) is 34.6 Å². The average molecular weight is 396 g/mol. The minimum Gasteiger partial charge on any atom is -0.351 e. The number of rotatable bonds is 8. The summed E-state index contributed by atoms with van der Waals surface area (Å²) < 4.78 is 83.7. The van der Waals surface area contributed by atoms with Crippen molar-refractivity contribution in [3.8, 4) is 0 Å². The van der Waals surface area contributed by atoms with Crippen LogP contribution in [0.3, 0.4) is 0 Å². The summed E-state index contributed by atoms with van der Waals surface area (Å²) in [7, 11) is 0. The first kappa shape index (κ1) is 24.4. The molecule has 0 fully saturated rings. The Morgan fingerprint density at radius 2 is 1.04 bits per heavy atom. The fourth-order valence-corrected chi connectivity index (χ4v) is 1.53. The second-order valence-electron chi connectivity index (χ2n) is 6.86. The van der Waals surface area contributed by atoms with E-state index in [0.717, 1.165) is 0 Å². The molecule has 0 aromatic carbocycles. The predicted octanol–water partition coefficient (Wildman–Crippen LogP) is 2.28. The number of hydrogen-bond acceptors (Lipinski definition) is 4. The van der Waals surface area contributed by atoms with E-state index in [2.05, 4.69) is 0 Å². The number of halogens is 6. The van der Waals surface area contributed by atoms with Crippen molar-refractivity contribution in [2.75, 3.05) is 13.2 Å². The van der Waals surface area contributed by atoms with Crippen LogP contribution < -0.4 is 10.6 Å². The molecule has 0 unspecified atom stereocenters. The minimum absolute atomic E-state index is 0.356. The maximum absolute atomic E-state index is 12.2. The van der Waals surface area contributed by atoms with Crippen molar-refractivity contribution in [1.29, 1.82) is 0 Å². The summed E-state index contributed by atoms with van der Waals surface area (Å²) in [6, 6.07) is 0. The molecule has 0 bridgehead atoms. The fraction of sp³-hybridized carbons (Fsp3) is 0.857. The van der Waals surface area contributed by atoms with Crippen LogP contribution in [-0.2, 0) is 19.1 Å². The zero-order valence-corrected chi connectivity index (χ0v) is 14.9. The van der Waals surface area contributed by atoms with Gasteiger partial charge in [-0.15, -0.1) is 0 Å². The summed E-state index contributed by atoms with van der Waals surface area (Å²) in [5.74, 6) is -4.26. The first-order valence-electron chi connectivity index (χ1n) is 7.38. The number of amides is 2. The second kappa shape index (κ2) is 8.42. The maximum Gasteiger partial charge on any atom is 0.471 e. The summed E-state index contributed by atoms with van der Waals surface area (Å²) >= 11 is 0. The molecule has 26 heavy (non-hydrogen) atoms. The number of alkyl halides is 6. The highest BCUT2D eigenvalue weighted by Crippen LogP contribution is 2.18. The molecule has 2 amide bonds. The highest BCUT2D eigenvalue weighted by Gasteiger charge is 2.42. The molecule has 0 saturated heterocycles. The molecule has 0 aliphatic carbocycles. The summed E-state index contributed by atoms with van der Waals surface area (Å²) in [4.78, 5) is 21.8. The zero-order valence-electron chi connectivity index (χ0n) is 14.9. The first-order valence-corrected chi connectivity index (χ1v) is 7.38. The van der Waals surface area contributed by atoms with Gasteiger partial charge in [0, 0.05) is 0 Å². The Morgan fingerprint density at radius 1 is 0.769 bits per heavy atom. The van der Waals surface area contributed by atoms with Crippen LogP contribution in [0.5, 0.6) is 0 Å². The van der Waals surface area contributed by atoms with Crippen LogP contribution in [-0.4, -0.2) is 54.7 Å². The molecule has 0 heterocycles. The van der Waals surface area contributed by atoms with Crippen LogP contribution in [0.1, 0.15) is 34.6 Å². The number of hydrogen-bond donors (Lipinski definition) is 2. The number of carbonyl (C=O) groups is 2. The molecule has 12 heteroatoms. The van der Waals surface area contributed by atoms with E-state index in [1.54, 1.807) is 10.6 Å². The van der Waals surface area contributed by atoms with Crippen LogP contribution in [0.15, 0.2) is 0 Å². The van der Waals surface area contributed by atoms with Crippen molar-refractivity contribution >= 4 is 11.8 Å². The van der Waals surface area contributed by atoms with E-state index in [-0.39, 0.29) is 13.2 Å². The Morgan fingerprint density at radius 3 is 1.27 bits per heavy atom. The Bertz CT molecular complexity index is 459. The summed E-state index contributed by atoms with van der Waals surface area (Å²) in [6.45, 7) is 5.81. The molecule has 0 aromatic heterocycles. The van der Waals surface area contributed by atoms with Crippen molar-refractivity contribution in [3.63, 3.8) is 0 Å². The lowest BCUT2D eigenvalue weighted by atomic mass is 10.1. The van der Waals surface area contributed by atoms with Crippen molar-refractivity contribution in [2.45, 2.75) is 64.3 Å². The van der Waals surface area contributed by atoms with Gasteiger partial charge >= 0.3 is 24.2 Å². The van der Waals surface area contributed by atoms with Gasteiger partial charge < -0.3 is 20.1 Å². The molecule has 0 radical (unpaired) electrons. The topological polar surface area (TPSA) is 76.7 Å². The number of carbonyl (C=O) groups excluding carboxylic acids is 2. The summed E-state index contributed by atoms with van der Waals surface area (Å²) in [5, 5.41) is 3.48. The molecule has 0 aliphatic rings. The van der Waals surface area contributed by atoms with Crippen molar-refractivity contribution in [1.82, 2.24) is 10.6 Å². The van der Waals surface area contributed by atoms with Gasteiger partial charge in [-0.25, -0.2) is 0 Å². The Hall–Kier alpha value is -1.56. The third-order valence-electron chi connectivity index (χ3n) is 2.78.